The predicted molar refractivity (Wildman–Crippen MR) is 84.2 cm³/mol. The van der Waals surface area contributed by atoms with Gasteiger partial charge in [0.05, 0.1) is 19.3 Å². The molecule has 1 saturated carbocycles. The molecule has 0 amide bonds. The van der Waals surface area contributed by atoms with Gasteiger partial charge in [0.25, 0.3) is 0 Å². The van der Waals surface area contributed by atoms with Gasteiger partial charge in [-0.15, -0.1) is 0 Å². The third-order valence-corrected chi connectivity index (χ3v) is 5.37. The van der Waals surface area contributed by atoms with Crippen molar-refractivity contribution in [3.63, 3.8) is 0 Å². The van der Waals surface area contributed by atoms with Gasteiger partial charge in [-0.25, -0.2) is 0 Å². The fourth-order valence-corrected chi connectivity index (χ4v) is 4.18. The molecule has 1 heterocycles. The normalized spacial score (nSPS) is 29.3. The average molecular weight is 291 g/mol. The molecule has 1 aromatic heterocycles. The Balaban J connectivity index is 1.67. The smallest absolute Gasteiger partial charge is 0.0644 e. The second kappa shape index (κ2) is 6.93. The Hall–Kier alpha value is -0.870. The minimum absolute atomic E-state index is 0.174. The Morgan fingerprint density at radius 1 is 1.33 bits per heavy atom. The van der Waals surface area contributed by atoms with Gasteiger partial charge in [-0.1, -0.05) is 26.2 Å². The maximum atomic E-state index is 9.15. The van der Waals surface area contributed by atoms with Gasteiger partial charge in [-0.3, -0.25) is 4.68 Å². The highest BCUT2D eigenvalue weighted by molar-refractivity contribution is 5.25. The first-order valence-corrected chi connectivity index (χ1v) is 8.73. The largest absolute Gasteiger partial charge is 0.394 e. The van der Waals surface area contributed by atoms with Crippen LogP contribution in [-0.4, -0.2) is 27.5 Å². The molecule has 4 nitrogen and oxygen atoms in total. The zero-order valence-electron chi connectivity index (χ0n) is 13.2. The van der Waals surface area contributed by atoms with Crippen molar-refractivity contribution < 1.29 is 5.11 Å². The fraction of sp³-hybridized carbons (Fsp3) is 0.824. The van der Waals surface area contributed by atoms with Crippen LogP contribution in [-0.2, 0) is 13.0 Å². The summed E-state index contributed by atoms with van der Waals surface area (Å²) in [4.78, 5) is 0. The van der Waals surface area contributed by atoms with Crippen molar-refractivity contribution in [2.24, 2.45) is 5.92 Å². The first kappa shape index (κ1) is 15.0. The van der Waals surface area contributed by atoms with Gasteiger partial charge in [0, 0.05) is 23.3 Å². The van der Waals surface area contributed by atoms with Crippen LogP contribution in [0.5, 0.6) is 0 Å². The SMILES string of the molecule is CCC1CCCC(NC2CCCc3c2cnn3CCO)C1. The molecule has 3 atom stereocenters. The van der Waals surface area contributed by atoms with Crippen LogP contribution in [0.1, 0.15) is 69.2 Å². The van der Waals surface area contributed by atoms with Crippen molar-refractivity contribution in [1.82, 2.24) is 15.1 Å². The molecule has 4 heteroatoms. The number of aliphatic hydroxyl groups is 1. The monoisotopic (exact) mass is 291 g/mol. The van der Waals surface area contributed by atoms with Gasteiger partial charge in [0.1, 0.15) is 0 Å². The number of fused-ring (bicyclic) bond motifs is 1. The summed E-state index contributed by atoms with van der Waals surface area (Å²) in [5, 5.41) is 17.5. The summed E-state index contributed by atoms with van der Waals surface area (Å²) in [5.41, 5.74) is 2.73. The Morgan fingerprint density at radius 3 is 3.05 bits per heavy atom. The molecule has 2 N–H and O–H groups in total. The molecular formula is C17H29N3O. The van der Waals surface area contributed by atoms with E-state index in [2.05, 4.69) is 17.3 Å². The molecule has 21 heavy (non-hydrogen) atoms. The van der Waals surface area contributed by atoms with E-state index in [4.69, 9.17) is 5.11 Å². The Kier molecular flexibility index (Phi) is 4.96. The Morgan fingerprint density at radius 2 is 2.24 bits per heavy atom. The summed E-state index contributed by atoms with van der Waals surface area (Å²) in [5.74, 6) is 0.913. The Bertz CT molecular complexity index is 457. The topological polar surface area (TPSA) is 50.1 Å². The lowest BCUT2D eigenvalue weighted by Crippen LogP contribution is -2.38. The van der Waals surface area contributed by atoms with Crippen LogP contribution >= 0.6 is 0 Å². The number of hydrogen-bond donors (Lipinski definition) is 2. The van der Waals surface area contributed by atoms with E-state index in [0.29, 0.717) is 18.6 Å². The highest BCUT2D eigenvalue weighted by Crippen LogP contribution is 2.33. The van der Waals surface area contributed by atoms with Crippen molar-refractivity contribution >= 4 is 0 Å². The summed E-state index contributed by atoms with van der Waals surface area (Å²) in [7, 11) is 0. The molecular weight excluding hydrogens is 262 g/mol. The van der Waals surface area contributed by atoms with Gasteiger partial charge >= 0.3 is 0 Å². The molecule has 2 aliphatic carbocycles. The zero-order chi connectivity index (χ0) is 14.7. The highest BCUT2D eigenvalue weighted by Gasteiger charge is 2.28. The number of rotatable bonds is 5. The third kappa shape index (κ3) is 3.32. The van der Waals surface area contributed by atoms with E-state index >= 15 is 0 Å². The molecule has 0 aliphatic heterocycles. The molecule has 0 saturated heterocycles. The minimum Gasteiger partial charge on any atom is -0.394 e. The molecule has 0 spiro atoms. The van der Waals surface area contributed by atoms with E-state index in [1.54, 1.807) is 0 Å². The summed E-state index contributed by atoms with van der Waals surface area (Å²) in [6.07, 6.45) is 12.4. The maximum absolute atomic E-state index is 9.15. The van der Waals surface area contributed by atoms with Gasteiger partial charge < -0.3 is 10.4 Å². The van der Waals surface area contributed by atoms with Crippen molar-refractivity contribution in [3.05, 3.63) is 17.5 Å². The van der Waals surface area contributed by atoms with Crippen LogP contribution in [0.3, 0.4) is 0 Å². The van der Waals surface area contributed by atoms with Crippen LogP contribution in [0.25, 0.3) is 0 Å². The van der Waals surface area contributed by atoms with Crippen LogP contribution < -0.4 is 5.32 Å². The number of aromatic nitrogens is 2. The van der Waals surface area contributed by atoms with Crippen LogP contribution in [0.4, 0.5) is 0 Å². The molecule has 3 rings (SSSR count). The molecule has 0 aromatic carbocycles. The van der Waals surface area contributed by atoms with Crippen molar-refractivity contribution in [3.8, 4) is 0 Å². The summed E-state index contributed by atoms with van der Waals surface area (Å²) < 4.78 is 2.00. The fourth-order valence-electron chi connectivity index (χ4n) is 4.18. The molecule has 3 unspecified atom stereocenters. The quantitative estimate of drug-likeness (QED) is 0.877. The number of nitrogens with one attached hydrogen (secondary N) is 1. The van der Waals surface area contributed by atoms with Crippen molar-refractivity contribution in [1.29, 1.82) is 0 Å². The summed E-state index contributed by atoms with van der Waals surface area (Å²) >= 11 is 0. The van der Waals surface area contributed by atoms with Gasteiger partial charge in [0.2, 0.25) is 0 Å². The van der Waals surface area contributed by atoms with Crippen LogP contribution in [0.15, 0.2) is 6.20 Å². The van der Waals surface area contributed by atoms with Crippen molar-refractivity contribution in [2.75, 3.05) is 6.61 Å². The lowest BCUT2D eigenvalue weighted by atomic mass is 9.83. The zero-order valence-corrected chi connectivity index (χ0v) is 13.2. The number of aliphatic hydroxyl groups excluding tert-OH is 1. The molecule has 0 bridgehead atoms. The third-order valence-electron chi connectivity index (χ3n) is 5.37. The lowest BCUT2D eigenvalue weighted by molar-refractivity contribution is 0.251. The highest BCUT2D eigenvalue weighted by atomic mass is 16.3. The van der Waals surface area contributed by atoms with Crippen LogP contribution in [0, 0.1) is 5.92 Å². The molecule has 2 aliphatic rings. The number of hydrogen-bond acceptors (Lipinski definition) is 3. The minimum atomic E-state index is 0.174. The first-order chi connectivity index (χ1) is 10.3. The average Bonchev–Trinajstić information content (AvgIpc) is 2.92. The van der Waals surface area contributed by atoms with Crippen molar-refractivity contribution in [2.45, 2.75) is 76.9 Å². The molecule has 0 radical (unpaired) electrons. The maximum Gasteiger partial charge on any atom is 0.0644 e. The molecule has 1 aromatic rings. The second-order valence-corrected chi connectivity index (χ2v) is 6.74. The van der Waals surface area contributed by atoms with E-state index < -0.39 is 0 Å². The van der Waals surface area contributed by atoms with E-state index in [1.807, 2.05) is 10.9 Å². The van der Waals surface area contributed by atoms with Crippen LogP contribution in [0.2, 0.25) is 0 Å². The second-order valence-electron chi connectivity index (χ2n) is 6.74. The van der Waals surface area contributed by atoms with Gasteiger partial charge in [-0.2, -0.15) is 5.10 Å². The van der Waals surface area contributed by atoms with E-state index in [-0.39, 0.29) is 6.61 Å². The first-order valence-electron chi connectivity index (χ1n) is 8.73. The number of nitrogens with zero attached hydrogens (tertiary/aromatic N) is 2. The molecule has 118 valence electrons. The summed E-state index contributed by atoms with van der Waals surface area (Å²) in [6.45, 7) is 3.13. The molecule has 1 fully saturated rings. The van der Waals surface area contributed by atoms with E-state index in [9.17, 15) is 0 Å². The standard InChI is InChI=1S/C17H29N3O/c1-2-13-5-3-6-14(11-13)19-16-7-4-8-17-15(16)12-18-20(17)9-10-21/h12-14,16,19,21H,2-11H2,1H3. The van der Waals surface area contributed by atoms with Gasteiger partial charge in [-0.05, 0) is 38.0 Å². The van der Waals surface area contributed by atoms with E-state index in [1.165, 1.54) is 56.2 Å². The van der Waals surface area contributed by atoms with Gasteiger partial charge in [0.15, 0.2) is 0 Å². The predicted octanol–water partition coefficient (Wildman–Crippen LogP) is 2.81. The van der Waals surface area contributed by atoms with E-state index in [0.717, 1.165) is 12.3 Å². The summed E-state index contributed by atoms with van der Waals surface area (Å²) in [6, 6.07) is 1.16. The Labute approximate surface area is 127 Å². The lowest BCUT2D eigenvalue weighted by Gasteiger charge is -2.34.